The molecule has 9 heteroatoms. The van der Waals surface area contributed by atoms with Crippen LogP contribution in [-0.2, 0) is 0 Å². The van der Waals surface area contributed by atoms with Crippen LogP contribution in [0.25, 0.3) is 11.0 Å². The topological polar surface area (TPSA) is 77.6 Å². The van der Waals surface area contributed by atoms with Gasteiger partial charge < -0.3 is 5.73 Å². The molecule has 0 bridgehead atoms. The van der Waals surface area contributed by atoms with Gasteiger partial charge in [0.15, 0.2) is 4.34 Å². The molecule has 0 aliphatic carbocycles. The van der Waals surface area contributed by atoms with Gasteiger partial charge in [0.25, 0.3) is 0 Å². The lowest BCUT2D eigenvalue weighted by Gasteiger charge is -2.05. The number of aromatic nitrogens is 4. The molecule has 2 N–H and O–H groups in total. The van der Waals surface area contributed by atoms with E-state index in [0.29, 0.717) is 26.2 Å². The van der Waals surface area contributed by atoms with Gasteiger partial charge in [-0.05, 0) is 30.8 Å². The lowest BCUT2D eigenvalue weighted by molar-refractivity contribution is 0.999. The highest BCUT2D eigenvalue weighted by Crippen LogP contribution is 2.33. The molecule has 0 saturated carbocycles. The molecule has 0 radical (unpaired) electrons. The highest BCUT2D eigenvalue weighted by atomic mass is 35.5. The SMILES string of the molecule is Cc1nc2cc(Cl)c(Cl)cc2nc1Sc1nnc(N)s1. The number of benzene rings is 1. The zero-order valence-corrected chi connectivity index (χ0v) is 13.2. The molecule has 0 spiro atoms. The van der Waals surface area contributed by atoms with Gasteiger partial charge in [0.05, 0.1) is 26.8 Å². The lowest BCUT2D eigenvalue weighted by atomic mass is 10.3. The van der Waals surface area contributed by atoms with E-state index in [-0.39, 0.29) is 0 Å². The van der Waals surface area contributed by atoms with Crippen LogP contribution in [0.2, 0.25) is 10.0 Å². The minimum absolute atomic E-state index is 0.425. The largest absolute Gasteiger partial charge is 0.374 e. The van der Waals surface area contributed by atoms with Gasteiger partial charge in [-0.25, -0.2) is 9.97 Å². The van der Waals surface area contributed by atoms with Crippen LogP contribution in [0.1, 0.15) is 5.69 Å². The molecule has 102 valence electrons. The predicted molar refractivity (Wildman–Crippen MR) is 82.7 cm³/mol. The summed E-state index contributed by atoms with van der Waals surface area (Å²) in [6.45, 7) is 1.88. The van der Waals surface area contributed by atoms with Gasteiger partial charge in [-0.3, -0.25) is 0 Å². The zero-order chi connectivity index (χ0) is 14.3. The van der Waals surface area contributed by atoms with Crippen LogP contribution in [0.15, 0.2) is 21.5 Å². The summed E-state index contributed by atoms with van der Waals surface area (Å²) >= 11 is 14.7. The number of halogens is 2. The van der Waals surface area contributed by atoms with E-state index in [1.807, 2.05) is 6.92 Å². The van der Waals surface area contributed by atoms with Gasteiger partial charge in [-0.1, -0.05) is 34.5 Å². The Hall–Kier alpha value is -1.15. The van der Waals surface area contributed by atoms with E-state index in [1.165, 1.54) is 23.1 Å². The molecule has 0 atom stereocenters. The number of nitrogens with zero attached hydrogens (tertiary/aromatic N) is 4. The lowest BCUT2D eigenvalue weighted by Crippen LogP contribution is -1.93. The molecular formula is C11H7Cl2N5S2. The fraction of sp³-hybridized carbons (Fsp3) is 0.0909. The maximum absolute atomic E-state index is 6.00. The fourth-order valence-corrected chi connectivity index (χ4v) is 3.47. The maximum Gasteiger partial charge on any atom is 0.203 e. The van der Waals surface area contributed by atoms with Gasteiger partial charge >= 0.3 is 0 Å². The number of rotatable bonds is 2. The van der Waals surface area contributed by atoms with Crippen LogP contribution in [0.3, 0.4) is 0 Å². The quantitative estimate of drug-likeness (QED) is 0.761. The molecular weight excluding hydrogens is 337 g/mol. The summed E-state index contributed by atoms with van der Waals surface area (Å²) in [5.74, 6) is 0. The van der Waals surface area contributed by atoms with E-state index in [0.717, 1.165) is 15.1 Å². The Labute approximate surface area is 132 Å². The molecule has 0 amide bonds. The molecule has 2 heterocycles. The van der Waals surface area contributed by atoms with Crippen LogP contribution < -0.4 is 5.73 Å². The highest BCUT2D eigenvalue weighted by Gasteiger charge is 2.11. The third-order valence-electron chi connectivity index (χ3n) is 2.44. The Kier molecular flexibility index (Phi) is 3.68. The number of hydrogen-bond acceptors (Lipinski definition) is 7. The van der Waals surface area contributed by atoms with Crippen molar-refractivity contribution in [1.29, 1.82) is 0 Å². The molecule has 3 rings (SSSR count). The van der Waals surface area contributed by atoms with Crippen molar-refractivity contribution >= 4 is 62.5 Å². The van der Waals surface area contributed by atoms with Gasteiger partial charge in [0, 0.05) is 0 Å². The van der Waals surface area contributed by atoms with Crippen molar-refractivity contribution in [3.05, 3.63) is 27.9 Å². The van der Waals surface area contributed by atoms with Gasteiger partial charge in [-0.15, -0.1) is 10.2 Å². The molecule has 1 aromatic carbocycles. The highest BCUT2D eigenvalue weighted by molar-refractivity contribution is 8.01. The summed E-state index contributed by atoms with van der Waals surface area (Å²) in [4.78, 5) is 9.02. The van der Waals surface area contributed by atoms with E-state index in [1.54, 1.807) is 12.1 Å². The van der Waals surface area contributed by atoms with Crippen molar-refractivity contribution in [3.63, 3.8) is 0 Å². The molecule has 0 aliphatic heterocycles. The van der Waals surface area contributed by atoms with E-state index in [2.05, 4.69) is 20.2 Å². The summed E-state index contributed by atoms with van der Waals surface area (Å²) in [5, 5.41) is 9.81. The van der Waals surface area contributed by atoms with E-state index in [9.17, 15) is 0 Å². The van der Waals surface area contributed by atoms with Crippen LogP contribution in [0.5, 0.6) is 0 Å². The zero-order valence-electron chi connectivity index (χ0n) is 10.1. The van der Waals surface area contributed by atoms with E-state index < -0.39 is 0 Å². The van der Waals surface area contributed by atoms with Crippen molar-refractivity contribution in [2.45, 2.75) is 16.3 Å². The van der Waals surface area contributed by atoms with Crippen molar-refractivity contribution in [3.8, 4) is 0 Å². The number of nitrogen functional groups attached to an aromatic ring is 1. The molecule has 5 nitrogen and oxygen atoms in total. The minimum atomic E-state index is 0.425. The van der Waals surface area contributed by atoms with E-state index >= 15 is 0 Å². The predicted octanol–water partition coefficient (Wildman–Crippen LogP) is 3.83. The average Bonchev–Trinajstić information content (AvgIpc) is 2.79. The van der Waals surface area contributed by atoms with Crippen LogP contribution in [0, 0.1) is 6.92 Å². The number of aryl methyl sites for hydroxylation is 1. The Bertz CT molecular complexity index is 805. The van der Waals surface area contributed by atoms with Crippen molar-refractivity contribution < 1.29 is 0 Å². The second-order valence-corrected chi connectivity index (χ2v) is 6.94. The molecule has 20 heavy (non-hydrogen) atoms. The second kappa shape index (κ2) is 5.33. The van der Waals surface area contributed by atoms with Gasteiger partial charge in [-0.2, -0.15) is 0 Å². The molecule has 2 aromatic heterocycles. The Morgan fingerprint density at radius 3 is 2.35 bits per heavy atom. The third-order valence-corrected chi connectivity index (χ3v) is 5.05. The Balaban J connectivity index is 2.07. The first-order valence-electron chi connectivity index (χ1n) is 5.43. The van der Waals surface area contributed by atoms with Crippen LogP contribution >= 0.6 is 46.3 Å². The van der Waals surface area contributed by atoms with Crippen LogP contribution in [-0.4, -0.2) is 20.2 Å². The fourth-order valence-electron chi connectivity index (χ4n) is 1.56. The first-order chi connectivity index (χ1) is 9.52. The molecule has 0 saturated heterocycles. The Morgan fingerprint density at radius 1 is 1.10 bits per heavy atom. The average molecular weight is 344 g/mol. The van der Waals surface area contributed by atoms with Crippen molar-refractivity contribution in [2.24, 2.45) is 0 Å². The molecule has 0 unspecified atom stereocenters. The molecule has 0 fully saturated rings. The Morgan fingerprint density at radius 2 is 1.75 bits per heavy atom. The monoisotopic (exact) mass is 343 g/mol. The third kappa shape index (κ3) is 2.67. The van der Waals surface area contributed by atoms with Crippen LogP contribution in [0.4, 0.5) is 5.13 Å². The van der Waals surface area contributed by atoms with Crippen molar-refractivity contribution in [1.82, 2.24) is 20.2 Å². The maximum atomic E-state index is 6.00. The number of anilines is 1. The number of nitrogens with two attached hydrogens (primary N) is 1. The molecule has 3 aromatic rings. The number of hydrogen-bond donors (Lipinski definition) is 1. The smallest absolute Gasteiger partial charge is 0.203 e. The van der Waals surface area contributed by atoms with E-state index in [4.69, 9.17) is 28.9 Å². The summed E-state index contributed by atoms with van der Waals surface area (Å²) in [6, 6.07) is 3.40. The first kappa shape index (κ1) is 13.8. The van der Waals surface area contributed by atoms with Gasteiger partial charge in [0.1, 0.15) is 5.03 Å². The standard InChI is InChI=1S/C11H7Cl2N5S2/c1-4-9(19-11-18-17-10(14)20-11)16-8-3-6(13)5(12)2-7(8)15-4/h2-3H,1H3,(H2,14,17). The normalized spacial score (nSPS) is 11.2. The summed E-state index contributed by atoms with van der Waals surface area (Å²) in [5.41, 5.74) is 7.74. The first-order valence-corrected chi connectivity index (χ1v) is 7.82. The second-order valence-electron chi connectivity index (χ2n) is 3.88. The summed E-state index contributed by atoms with van der Waals surface area (Å²) < 4.78 is 0.722. The summed E-state index contributed by atoms with van der Waals surface area (Å²) in [7, 11) is 0. The minimum Gasteiger partial charge on any atom is -0.374 e. The molecule has 0 aliphatic rings. The van der Waals surface area contributed by atoms with Crippen molar-refractivity contribution in [2.75, 3.05) is 5.73 Å². The van der Waals surface area contributed by atoms with Gasteiger partial charge in [0.2, 0.25) is 5.13 Å². The number of fused-ring (bicyclic) bond motifs is 1. The summed E-state index contributed by atoms with van der Waals surface area (Å²) in [6.07, 6.45) is 0.